The summed E-state index contributed by atoms with van der Waals surface area (Å²) in [4.78, 5) is 23.9. The van der Waals surface area contributed by atoms with Crippen LogP contribution in [0.25, 0.3) is 0 Å². The fraction of sp³-hybridized carbons (Fsp3) is 0.824. The summed E-state index contributed by atoms with van der Waals surface area (Å²) in [7, 11) is 0. The predicted octanol–water partition coefficient (Wildman–Crippen LogP) is 3.08. The molecule has 0 spiro atoms. The van der Waals surface area contributed by atoms with Gasteiger partial charge in [0.05, 0.1) is 5.75 Å². The Labute approximate surface area is 147 Å². The maximum absolute atomic E-state index is 12.3. The minimum absolute atomic E-state index is 0.0128. The van der Waals surface area contributed by atoms with E-state index in [9.17, 15) is 9.59 Å². The second kappa shape index (κ2) is 8.74. The number of ether oxygens (including phenoxy) is 1. The predicted molar refractivity (Wildman–Crippen MR) is 95.1 cm³/mol. The zero-order valence-electron chi connectivity index (χ0n) is 15.1. The molecular formula is C17H29N3O3S. The molecule has 1 N–H and O–H groups in total. The lowest BCUT2D eigenvalue weighted by Crippen LogP contribution is -2.36. The zero-order chi connectivity index (χ0) is 17.7. The molecular weight excluding hydrogens is 326 g/mol. The molecule has 1 fully saturated rings. The first-order valence-electron chi connectivity index (χ1n) is 8.89. The number of aromatic amines is 1. The summed E-state index contributed by atoms with van der Waals surface area (Å²) in [6, 6.07) is 0. The van der Waals surface area contributed by atoms with Crippen molar-refractivity contribution in [3.63, 3.8) is 0 Å². The Kier molecular flexibility index (Phi) is 6.95. The summed E-state index contributed by atoms with van der Waals surface area (Å²) in [5.74, 6) is 1.53. The molecule has 1 aliphatic carbocycles. The highest BCUT2D eigenvalue weighted by molar-refractivity contribution is 7.99. The Morgan fingerprint density at radius 1 is 1.46 bits per heavy atom. The maximum Gasteiger partial charge on any atom is 0.343 e. The van der Waals surface area contributed by atoms with Crippen molar-refractivity contribution in [1.82, 2.24) is 14.8 Å². The third-order valence-corrected chi connectivity index (χ3v) is 5.68. The zero-order valence-corrected chi connectivity index (χ0v) is 15.9. The third-order valence-electron chi connectivity index (χ3n) is 4.73. The lowest BCUT2D eigenvalue weighted by molar-refractivity contribution is -0.152. The van der Waals surface area contributed by atoms with E-state index in [2.05, 4.69) is 31.0 Å². The number of carbonyl (C=O) groups is 1. The van der Waals surface area contributed by atoms with Crippen molar-refractivity contribution in [2.45, 2.75) is 71.2 Å². The SMILES string of the molecule is CCCn1c(SCC(=O)OC2CC(C)CCC2C(C)C)n[nH]c1=O. The van der Waals surface area contributed by atoms with Crippen LogP contribution in [0, 0.1) is 17.8 Å². The van der Waals surface area contributed by atoms with Crippen LogP contribution in [0.3, 0.4) is 0 Å². The Bertz CT molecular complexity index is 596. The number of nitrogens with zero attached hydrogens (tertiary/aromatic N) is 2. The molecule has 136 valence electrons. The van der Waals surface area contributed by atoms with Gasteiger partial charge in [-0.15, -0.1) is 5.10 Å². The van der Waals surface area contributed by atoms with Gasteiger partial charge in [-0.05, 0) is 37.0 Å². The highest BCUT2D eigenvalue weighted by Crippen LogP contribution is 2.35. The van der Waals surface area contributed by atoms with E-state index < -0.39 is 0 Å². The number of esters is 1. The van der Waals surface area contributed by atoms with E-state index in [0.29, 0.717) is 29.5 Å². The molecule has 3 unspecified atom stereocenters. The normalized spacial score (nSPS) is 24.3. The van der Waals surface area contributed by atoms with Gasteiger partial charge >= 0.3 is 11.7 Å². The topological polar surface area (TPSA) is 77.0 Å². The molecule has 7 heteroatoms. The molecule has 1 saturated carbocycles. The van der Waals surface area contributed by atoms with Crippen LogP contribution in [0.4, 0.5) is 0 Å². The first kappa shape index (κ1) is 19.1. The van der Waals surface area contributed by atoms with Gasteiger partial charge in [-0.2, -0.15) is 0 Å². The van der Waals surface area contributed by atoms with Crippen LogP contribution < -0.4 is 5.69 Å². The minimum Gasteiger partial charge on any atom is -0.461 e. The fourth-order valence-corrected chi connectivity index (χ4v) is 4.17. The van der Waals surface area contributed by atoms with Gasteiger partial charge < -0.3 is 4.74 Å². The number of hydrogen-bond acceptors (Lipinski definition) is 5. The average molecular weight is 356 g/mol. The molecule has 1 aromatic heterocycles. The van der Waals surface area contributed by atoms with Crippen molar-refractivity contribution in [3.05, 3.63) is 10.5 Å². The molecule has 0 radical (unpaired) electrons. The molecule has 0 saturated heterocycles. The van der Waals surface area contributed by atoms with E-state index in [1.54, 1.807) is 4.57 Å². The van der Waals surface area contributed by atoms with Crippen molar-refractivity contribution in [3.8, 4) is 0 Å². The van der Waals surface area contributed by atoms with E-state index in [-0.39, 0.29) is 23.5 Å². The number of rotatable bonds is 7. The number of carbonyl (C=O) groups excluding carboxylic acids is 1. The molecule has 3 atom stereocenters. The van der Waals surface area contributed by atoms with Crippen LogP contribution >= 0.6 is 11.8 Å². The van der Waals surface area contributed by atoms with Crippen LogP contribution in [0.5, 0.6) is 0 Å². The Hall–Kier alpha value is -1.24. The maximum atomic E-state index is 12.3. The number of hydrogen-bond donors (Lipinski definition) is 1. The number of nitrogens with one attached hydrogen (secondary N) is 1. The second-order valence-corrected chi connectivity index (χ2v) is 8.05. The van der Waals surface area contributed by atoms with E-state index >= 15 is 0 Å². The van der Waals surface area contributed by atoms with Crippen LogP contribution in [-0.4, -0.2) is 32.6 Å². The van der Waals surface area contributed by atoms with Crippen LogP contribution in [0.15, 0.2) is 9.95 Å². The average Bonchev–Trinajstić information content (AvgIpc) is 2.86. The molecule has 1 heterocycles. The Morgan fingerprint density at radius 3 is 2.88 bits per heavy atom. The van der Waals surface area contributed by atoms with E-state index in [1.165, 1.54) is 18.2 Å². The first-order valence-corrected chi connectivity index (χ1v) is 9.88. The molecule has 1 aliphatic rings. The van der Waals surface area contributed by atoms with Gasteiger partial charge in [-0.1, -0.05) is 45.9 Å². The standard InChI is InChI=1S/C17H29N3O3S/c1-5-8-20-16(22)18-19-17(20)24-10-15(21)23-14-9-12(4)6-7-13(14)11(2)3/h11-14H,5-10H2,1-4H3,(H,18,22). The van der Waals surface area contributed by atoms with Crippen molar-refractivity contribution in [2.24, 2.45) is 17.8 Å². The van der Waals surface area contributed by atoms with E-state index in [0.717, 1.165) is 19.3 Å². The van der Waals surface area contributed by atoms with Crippen molar-refractivity contribution < 1.29 is 9.53 Å². The number of thioether (sulfide) groups is 1. The summed E-state index contributed by atoms with van der Waals surface area (Å²) in [6.45, 7) is 9.22. The lowest BCUT2D eigenvalue weighted by Gasteiger charge is -2.36. The minimum atomic E-state index is -0.228. The summed E-state index contributed by atoms with van der Waals surface area (Å²) in [5, 5.41) is 6.98. The van der Waals surface area contributed by atoms with Gasteiger partial charge in [0.15, 0.2) is 5.16 Å². The summed E-state index contributed by atoms with van der Waals surface area (Å²) in [5.41, 5.74) is -0.228. The molecule has 0 aliphatic heterocycles. The van der Waals surface area contributed by atoms with Crippen LogP contribution in [-0.2, 0) is 16.1 Å². The largest absolute Gasteiger partial charge is 0.461 e. The molecule has 0 aromatic carbocycles. The quantitative estimate of drug-likeness (QED) is 0.601. The smallest absolute Gasteiger partial charge is 0.343 e. The fourth-order valence-electron chi connectivity index (χ4n) is 3.41. The number of H-pyrrole nitrogens is 1. The van der Waals surface area contributed by atoms with Gasteiger partial charge in [0.25, 0.3) is 0 Å². The summed E-state index contributed by atoms with van der Waals surface area (Å²) < 4.78 is 7.35. The highest BCUT2D eigenvalue weighted by atomic mass is 32.2. The van der Waals surface area contributed by atoms with Crippen molar-refractivity contribution in [1.29, 1.82) is 0 Å². The Balaban J connectivity index is 1.91. The van der Waals surface area contributed by atoms with Gasteiger partial charge in [0, 0.05) is 6.54 Å². The van der Waals surface area contributed by atoms with E-state index in [1.807, 2.05) is 6.92 Å². The van der Waals surface area contributed by atoms with Crippen molar-refractivity contribution in [2.75, 3.05) is 5.75 Å². The van der Waals surface area contributed by atoms with Gasteiger partial charge in [-0.3, -0.25) is 9.36 Å². The first-order chi connectivity index (χ1) is 11.4. The van der Waals surface area contributed by atoms with Gasteiger partial charge in [0.2, 0.25) is 0 Å². The molecule has 0 bridgehead atoms. The van der Waals surface area contributed by atoms with Crippen LogP contribution in [0.1, 0.15) is 53.4 Å². The van der Waals surface area contributed by atoms with Crippen molar-refractivity contribution >= 4 is 17.7 Å². The lowest BCUT2D eigenvalue weighted by atomic mass is 9.75. The number of aromatic nitrogens is 3. The molecule has 24 heavy (non-hydrogen) atoms. The highest BCUT2D eigenvalue weighted by Gasteiger charge is 2.33. The summed E-state index contributed by atoms with van der Waals surface area (Å²) >= 11 is 1.26. The molecule has 6 nitrogen and oxygen atoms in total. The van der Waals surface area contributed by atoms with Gasteiger partial charge in [0.1, 0.15) is 6.10 Å². The van der Waals surface area contributed by atoms with E-state index in [4.69, 9.17) is 4.74 Å². The Morgan fingerprint density at radius 2 is 2.21 bits per heavy atom. The monoisotopic (exact) mass is 355 g/mol. The second-order valence-electron chi connectivity index (χ2n) is 7.11. The van der Waals surface area contributed by atoms with Crippen LogP contribution in [0.2, 0.25) is 0 Å². The third kappa shape index (κ3) is 4.88. The molecule has 0 amide bonds. The molecule has 2 rings (SSSR count). The summed E-state index contributed by atoms with van der Waals surface area (Å²) in [6.07, 6.45) is 4.14. The van der Waals surface area contributed by atoms with Gasteiger partial charge in [-0.25, -0.2) is 9.89 Å². The molecule has 1 aromatic rings.